The summed E-state index contributed by atoms with van der Waals surface area (Å²) >= 11 is 0. The number of fused-ring (bicyclic) bond motifs is 1. The number of amides is 1. The van der Waals surface area contributed by atoms with Crippen molar-refractivity contribution >= 4 is 22.5 Å². The Balaban J connectivity index is 1.88. The fraction of sp³-hybridized carbons (Fsp3) is 0.167. The molecule has 1 heterocycles. The van der Waals surface area contributed by atoms with Crippen LogP contribution < -0.4 is 20.3 Å². The number of carbonyl (C=O) groups is 1. The van der Waals surface area contributed by atoms with Crippen molar-refractivity contribution in [3.63, 3.8) is 0 Å². The van der Waals surface area contributed by atoms with Crippen LogP contribution in [0.2, 0.25) is 0 Å². The van der Waals surface area contributed by atoms with Crippen LogP contribution in [0.4, 0.5) is 5.69 Å². The lowest BCUT2D eigenvalue weighted by molar-refractivity contribution is -0.116. The quantitative estimate of drug-likeness (QED) is 0.676. The molecule has 0 fully saturated rings. The zero-order chi connectivity index (χ0) is 18.7. The maximum absolute atomic E-state index is 12.6. The Hall–Kier alpha value is -3.55. The summed E-state index contributed by atoms with van der Waals surface area (Å²) in [6, 6.07) is 9.18. The molecule has 26 heavy (non-hydrogen) atoms. The van der Waals surface area contributed by atoms with Gasteiger partial charge in [0.05, 0.1) is 31.4 Å². The second-order valence-electron chi connectivity index (χ2n) is 5.50. The van der Waals surface area contributed by atoms with Crippen molar-refractivity contribution in [2.75, 3.05) is 19.5 Å². The first-order valence-electron chi connectivity index (χ1n) is 7.72. The largest absolute Gasteiger partial charge is 0.508 e. The van der Waals surface area contributed by atoms with Crippen LogP contribution in [-0.2, 0) is 11.3 Å². The summed E-state index contributed by atoms with van der Waals surface area (Å²) in [7, 11) is 2.97. The van der Waals surface area contributed by atoms with Crippen LogP contribution in [0.1, 0.15) is 0 Å². The van der Waals surface area contributed by atoms with Crippen molar-refractivity contribution < 1.29 is 19.4 Å². The van der Waals surface area contributed by atoms with E-state index in [1.54, 1.807) is 18.2 Å². The van der Waals surface area contributed by atoms with E-state index in [1.165, 1.54) is 43.3 Å². The summed E-state index contributed by atoms with van der Waals surface area (Å²) in [4.78, 5) is 29.0. The summed E-state index contributed by atoms with van der Waals surface area (Å²) in [6.45, 7) is -0.197. The normalized spacial score (nSPS) is 10.5. The molecule has 0 aliphatic carbocycles. The van der Waals surface area contributed by atoms with E-state index < -0.39 is 0 Å². The molecule has 1 amide bonds. The molecular formula is C18H17N3O5. The summed E-state index contributed by atoms with van der Waals surface area (Å²) < 4.78 is 11.6. The van der Waals surface area contributed by atoms with Crippen molar-refractivity contribution in [3.05, 3.63) is 53.1 Å². The number of aromatic nitrogens is 2. The highest BCUT2D eigenvalue weighted by Gasteiger charge is 2.12. The molecule has 0 saturated carbocycles. The molecule has 3 aromatic rings. The Kier molecular flexibility index (Phi) is 4.74. The van der Waals surface area contributed by atoms with Gasteiger partial charge in [-0.05, 0) is 30.3 Å². The van der Waals surface area contributed by atoms with E-state index in [-0.39, 0.29) is 23.8 Å². The molecule has 8 nitrogen and oxygen atoms in total. The molecule has 2 aromatic carbocycles. The Bertz CT molecular complexity index is 1010. The number of benzene rings is 2. The molecule has 0 bridgehead atoms. The van der Waals surface area contributed by atoms with Gasteiger partial charge in [0, 0.05) is 11.8 Å². The number of phenolic OH excluding ortho intramolecular Hbond substituents is 1. The molecule has 2 N–H and O–H groups in total. The number of methoxy groups -OCH3 is 2. The third-order valence-electron chi connectivity index (χ3n) is 3.79. The van der Waals surface area contributed by atoms with Crippen molar-refractivity contribution in [1.82, 2.24) is 9.55 Å². The van der Waals surface area contributed by atoms with Gasteiger partial charge in [0.1, 0.15) is 12.3 Å². The first-order valence-corrected chi connectivity index (χ1v) is 7.72. The van der Waals surface area contributed by atoms with E-state index in [0.717, 1.165) is 0 Å². The Morgan fingerprint density at radius 3 is 2.46 bits per heavy atom. The predicted octanol–water partition coefficient (Wildman–Crippen LogP) is 1.76. The molecule has 0 radical (unpaired) electrons. The third-order valence-corrected chi connectivity index (χ3v) is 3.79. The number of nitrogens with one attached hydrogen (secondary N) is 1. The Labute approximate surface area is 148 Å². The zero-order valence-corrected chi connectivity index (χ0v) is 14.2. The Morgan fingerprint density at radius 2 is 1.81 bits per heavy atom. The van der Waals surface area contributed by atoms with Crippen molar-refractivity contribution in [3.8, 4) is 17.2 Å². The molecule has 8 heteroatoms. The standard InChI is InChI=1S/C18H17N3O5/c1-25-15-7-13-14(8-16(15)26-2)19-10-21(18(13)24)9-17(23)20-11-3-5-12(22)6-4-11/h3-8,10,22H,9H2,1-2H3,(H,20,23). The van der Waals surface area contributed by atoms with Gasteiger partial charge in [-0.1, -0.05) is 0 Å². The van der Waals surface area contributed by atoms with Gasteiger partial charge in [-0.25, -0.2) is 4.98 Å². The molecule has 0 atom stereocenters. The molecular weight excluding hydrogens is 338 g/mol. The van der Waals surface area contributed by atoms with Gasteiger partial charge in [0.15, 0.2) is 11.5 Å². The van der Waals surface area contributed by atoms with Gasteiger partial charge in [-0.15, -0.1) is 0 Å². The minimum absolute atomic E-state index is 0.0994. The maximum Gasteiger partial charge on any atom is 0.261 e. The number of hydrogen-bond donors (Lipinski definition) is 2. The molecule has 0 aliphatic rings. The summed E-state index contributed by atoms with van der Waals surface area (Å²) in [5.74, 6) is 0.585. The number of carbonyl (C=O) groups excluding carboxylic acids is 1. The van der Waals surface area contributed by atoms with Crippen LogP contribution in [-0.4, -0.2) is 34.8 Å². The molecule has 0 aliphatic heterocycles. The monoisotopic (exact) mass is 355 g/mol. The fourth-order valence-corrected chi connectivity index (χ4v) is 2.50. The molecule has 0 saturated heterocycles. The molecule has 1 aromatic heterocycles. The van der Waals surface area contributed by atoms with Gasteiger partial charge in [-0.3, -0.25) is 14.2 Å². The maximum atomic E-state index is 12.6. The van der Waals surface area contributed by atoms with E-state index in [2.05, 4.69) is 10.3 Å². The second kappa shape index (κ2) is 7.14. The fourth-order valence-electron chi connectivity index (χ4n) is 2.50. The summed E-state index contributed by atoms with van der Waals surface area (Å²) in [5, 5.41) is 12.2. The van der Waals surface area contributed by atoms with Gasteiger partial charge >= 0.3 is 0 Å². The second-order valence-corrected chi connectivity index (χ2v) is 5.50. The van der Waals surface area contributed by atoms with Crippen molar-refractivity contribution in [1.29, 1.82) is 0 Å². The zero-order valence-electron chi connectivity index (χ0n) is 14.2. The summed E-state index contributed by atoms with van der Waals surface area (Å²) in [5.41, 5.74) is 0.598. The molecule has 134 valence electrons. The number of nitrogens with zero attached hydrogens (tertiary/aromatic N) is 2. The first kappa shape index (κ1) is 17.3. The molecule has 0 spiro atoms. The highest BCUT2D eigenvalue weighted by Crippen LogP contribution is 2.29. The minimum atomic E-state index is -0.389. The van der Waals surface area contributed by atoms with Crippen LogP contribution in [0.5, 0.6) is 17.2 Å². The van der Waals surface area contributed by atoms with Crippen molar-refractivity contribution in [2.45, 2.75) is 6.54 Å². The van der Waals surface area contributed by atoms with E-state index in [1.807, 2.05) is 0 Å². The number of hydrogen-bond acceptors (Lipinski definition) is 6. The lowest BCUT2D eigenvalue weighted by Crippen LogP contribution is -2.27. The highest BCUT2D eigenvalue weighted by molar-refractivity contribution is 5.91. The number of aromatic hydroxyl groups is 1. The van der Waals surface area contributed by atoms with E-state index in [9.17, 15) is 14.7 Å². The topological polar surface area (TPSA) is 103 Å². The van der Waals surface area contributed by atoms with Gasteiger partial charge in [0.25, 0.3) is 5.56 Å². The van der Waals surface area contributed by atoms with Crippen LogP contribution in [0.25, 0.3) is 10.9 Å². The first-order chi connectivity index (χ1) is 12.5. The Morgan fingerprint density at radius 1 is 1.15 bits per heavy atom. The van der Waals surface area contributed by atoms with Crippen LogP contribution >= 0.6 is 0 Å². The number of phenols is 1. The summed E-state index contributed by atoms with van der Waals surface area (Å²) in [6.07, 6.45) is 1.31. The van der Waals surface area contributed by atoms with Gasteiger partial charge in [0.2, 0.25) is 5.91 Å². The number of ether oxygens (including phenoxy) is 2. The van der Waals surface area contributed by atoms with Crippen molar-refractivity contribution in [2.24, 2.45) is 0 Å². The van der Waals surface area contributed by atoms with Crippen LogP contribution in [0.15, 0.2) is 47.5 Å². The van der Waals surface area contributed by atoms with Gasteiger partial charge in [-0.2, -0.15) is 0 Å². The lowest BCUT2D eigenvalue weighted by atomic mass is 10.2. The van der Waals surface area contributed by atoms with Gasteiger partial charge < -0.3 is 19.9 Å². The van der Waals surface area contributed by atoms with Crippen LogP contribution in [0, 0.1) is 0 Å². The molecule has 0 unspecified atom stereocenters. The molecule has 3 rings (SSSR count). The number of rotatable bonds is 5. The van der Waals surface area contributed by atoms with E-state index in [0.29, 0.717) is 28.1 Å². The highest BCUT2D eigenvalue weighted by atomic mass is 16.5. The lowest BCUT2D eigenvalue weighted by Gasteiger charge is -2.11. The average molecular weight is 355 g/mol. The number of anilines is 1. The average Bonchev–Trinajstić information content (AvgIpc) is 2.65. The minimum Gasteiger partial charge on any atom is -0.508 e. The van der Waals surface area contributed by atoms with Crippen LogP contribution in [0.3, 0.4) is 0 Å². The third kappa shape index (κ3) is 3.44. The SMILES string of the molecule is COc1cc2ncn(CC(=O)Nc3ccc(O)cc3)c(=O)c2cc1OC. The predicted molar refractivity (Wildman–Crippen MR) is 95.8 cm³/mol. The van der Waals surface area contributed by atoms with E-state index >= 15 is 0 Å². The van der Waals surface area contributed by atoms with E-state index in [4.69, 9.17) is 9.47 Å². The smallest absolute Gasteiger partial charge is 0.261 e.